The Morgan fingerprint density at radius 3 is 2.53 bits per heavy atom. The van der Waals surface area contributed by atoms with Gasteiger partial charge in [0.1, 0.15) is 5.75 Å². The van der Waals surface area contributed by atoms with Crippen molar-refractivity contribution in [2.45, 2.75) is 5.75 Å². The van der Waals surface area contributed by atoms with Crippen LogP contribution in [0.15, 0.2) is 0 Å². The van der Waals surface area contributed by atoms with Gasteiger partial charge >= 0.3 is 10.2 Å². The zero-order valence-corrected chi connectivity index (χ0v) is 10.2. The molecule has 0 unspecified atom stereocenters. The largest absolute Gasteiger partial charge is 0.480 e. The summed E-state index contributed by atoms with van der Waals surface area (Å²) in [6.45, 7) is 0. The number of ether oxygens (including phenoxy) is 1. The van der Waals surface area contributed by atoms with Crippen LogP contribution in [0.1, 0.15) is 4.88 Å². The third-order valence-electron chi connectivity index (χ3n) is 1.53. The maximum Gasteiger partial charge on any atom is 0.307 e. The summed E-state index contributed by atoms with van der Waals surface area (Å²) in [5, 5.41) is 0.575. The van der Waals surface area contributed by atoms with Crippen LogP contribution in [0.25, 0.3) is 0 Å². The molecule has 0 bridgehead atoms. The lowest BCUT2D eigenvalue weighted by atomic mass is 10.6. The molecule has 0 radical (unpaired) electrons. The molecule has 0 saturated heterocycles. The van der Waals surface area contributed by atoms with E-state index in [1.165, 1.54) is 7.11 Å². The van der Waals surface area contributed by atoms with Gasteiger partial charge < -0.3 is 9.64 Å². The average molecular weight is 254 g/mol. The number of hydrogen-bond donors (Lipinski definition) is 0. The van der Waals surface area contributed by atoms with Crippen LogP contribution in [0, 0.1) is 0 Å². The fourth-order valence-electron chi connectivity index (χ4n) is 0.924. The molecule has 0 saturated carbocycles. The van der Waals surface area contributed by atoms with Crippen LogP contribution in [0.5, 0.6) is 5.88 Å². The molecule has 0 aliphatic rings. The molecule has 1 heterocycles. The van der Waals surface area contributed by atoms with Gasteiger partial charge in [0, 0.05) is 14.1 Å². The van der Waals surface area contributed by atoms with E-state index in [0.717, 1.165) is 11.3 Å². The van der Waals surface area contributed by atoms with Crippen molar-refractivity contribution in [1.29, 1.82) is 0 Å². The van der Waals surface area contributed by atoms with E-state index in [1.54, 1.807) is 19.0 Å². The number of thiazole rings is 1. The highest BCUT2D eigenvalue weighted by Crippen LogP contribution is 2.31. The fraction of sp³-hybridized carbons (Fsp3) is 0.571. The van der Waals surface area contributed by atoms with Crippen molar-refractivity contribution in [3.8, 4) is 5.88 Å². The summed E-state index contributed by atoms with van der Waals surface area (Å²) >= 11 is 1.09. The maximum absolute atomic E-state index is 12.5. The lowest BCUT2D eigenvalue weighted by molar-refractivity contribution is 0.397. The van der Waals surface area contributed by atoms with Crippen LogP contribution in [0.3, 0.4) is 0 Å². The third-order valence-corrected chi connectivity index (χ3v) is 3.55. The van der Waals surface area contributed by atoms with Gasteiger partial charge in [-0.05, 0) is 0 Å². The Morgan fingerprint density at radius 2 is 2.13 bits per heavy atom. The Balaban J connectivity index is 3.06. The van der Waals surface area contributed by atoms with Crippen LogP contribution in [0.2, 0.25) is 0 Å². The summed E-state index contributed by atoms with van der Waals surface area (Å²) in [5.41, 5.74) is 0. The van der Waals surface area contributed by atoms with Crippen molar-refractivity contribution in [2.24, 2.45) is 0 Å². The first kappa shape index (κ1) is 12.2. The highest BCUT2D eigenvalue weighted by molar-refractivity contribution is 7.85. The number of anilines is 1. The number of halogens is 1. The van der Waals surface area contributed by atoms with E-state index in [0.29, 0.717) is 5.13 Å². The Kier molecular flexibility index (Phi) is 3.50. The number of rotatable bonds is 4. The summed E-state index contributed by atoms with van der Waals surface area (Å²) in [5.74, 6) is -0.535. The molecule has 0 aliphatic heterocycles. The van der Waals surface area contributed by atoms with E-state index in [2.05, 4.69) is 4.98 Å². The topological polar surface area (TPSA) is 59.5 Å². The monoisotopic (exact) mass is 254 g/mol. The van der Waals surface area contributed by atoms with Crippen molar-refractivity contribution >= 4 is 26.7 Å². The molecule has 1 aromatic heterocycles. The molecule has 8 heteroatoms. The van der Waals surface area contributed by atoms with Gasteiger partial charge in [-0.1, -0.05) is 11.3 Å². The van der Waals surface area contributed by atoms with Gasteiger partial charge in [0.15, 0.2) is 5.13 Å². The molecule has 15 heavy (non-hydrogen) atoms. The van der Waals surface area contributed by atoms with Crippen molar-refractivity contribution in [3.05, 3.63) is 4.88 Å². The number of aromatic nitrogens is 1. The van der Waals surface area contributed by atoms with Crippen LogP contribution < -0.4 is 9.64 Å². The van der Waals surface area contributed by atoms with E-state index >= 15 is 0 Å². The third kappa shape index (κ3) is 3.31. The first-order chi connectivity index (χ1) is 6.83. The van der Waals surface area contributed by atoms with E-state index in [1.807, 2.05) is 0 Å². The molecular weight excluding hydrogens is 243 g/mol. The molecule has 0 spiro atoms. The number of methoxy groups -OCH3 is 1. The van der Waals surface area contributed by atoms with E-state index < -0.39 is 16.0 Å². The lowest BCUT2D eigenvalue weighted by Gasteiger charge is -2.04. The maximum atomic E-state index is 12.5. The first-order valence-corrected chi connectivity index (χ1v) is 6.33. The highest BCUT2D eigenvalue weighted by atomic mass is 32.3. The van der Waals surface area contributed by atoms with E-state index in [4.69, 9.17) is 4.74 Å². The van der Waals surface area contributed by atoms with E-state index in [-0.39, 0.29) is 10.8 Å². The van der Waals surface area contributed by atoms with Gasteiger partial charge in [0.05, 0.1) is 12.0 Å². The van der Waals surface area contributed by atoms with Gasteiger partial charge in [-0.15, -0.1) is 3.89 Å². The molecule has 0 amide bonds. The Hall–Kier alpha value is -0.890. The minimum absolute atomic E-state index is 0.157. The van der Waals surface area contributed by atoms with Crippen LogP contribution >= 0.6 is 11.3 Å². The molecule has 1 rings (SSSR count). The van der Waals surface area contributed by atoms with Crippen molar-refractivity contribution in [1.82, 2.24) is 4.98 Å². The standard InChI is InChI=1S/C7H11FN2O3S2/c1-10(2)7-9-6(13-3)5(14-7)4-15(8,11)12/h4H2,1-3H3. The molecule has 0 N–H and O–H groups in total. The first-order valence-electron chi connectivity index (χ1n) is 3.97. The lowest BCUT2D eigenvalue weighted by Crippen LogP contribution is -2.07. The molecule has 0 fully saturated rings. The predicted molar refractivity (Wildman–Crippen MR) is 56.7 cm³/mol. The Labute approximate surface area is 91.7 Å². The minimum Gasteiger partial charge on any atom is -0.480 e. The molecule has 0 aromatic carbocycles. The second-order valence-corrected chi connectivity index (χ2v) is 5.43. The summed E-state index contributed by atoms with van der Waals surface area (Å²) in [6, 6.07) is 0. The number of hydrogen-bond acceptors (Lipinski definition) is 6. The van der Waals surface area contributed by atoms with Crippen molar-refractivity contribution in [2.75, 3.05) is 26.1 Å². The molecule has 0 atom stereocenters. The molecule has 0 aliphatic carbocycles. The zero-order chi connectivity index (χ0) is 11.6. The minimum atomic E-state index is -4.55. The summed E-state index contributed by atoms with van der Waals surface area (Å²) in [6.07, 6.45) is 0. The molecular formula is C7H11FN2O3S2. The Bertz CT molecular complexity index is 441. The smallest absolute Gasteiger partial charge is 0.307 e. The van der Waals surface area contributed by atoms with Crippen LogP contribution in [-0.4, -0.2) is 34.6 Å². The molecule has 5 nitrogen and oxygen atoms in total. The van der Waals surface area contributed by atoms with E-state index in [9.17, 15) is 12.3 Å². The zero-order valence-electron chi connectivity index (χ0n) is 8.52. The average Bonchev–Trinajstić information content (AvgIpc) is 2.44. The second kappa shape index (κ2) is 4.31. The van der Waals surface area contributed by atoms with Crippen LogP contribution in [0.4, 0.5) is 9.02 Å². The quantitative estimate of drug-likeness (QED) is 0.751. The van der Waals surface area contributed by atoms with Crippen molar-refractivity contribution in [3.63, 3.8) is 0 Å². The van der Waals surface area contributed by atoms with Crippen molar-refractivity contribution < 1.29 is 17.0 Å². The molecule has 1 aromatic rings. The predicted octanol–water partition coefficient (Wildman–Crippen LogP) is 1.02. The van der Waals surface area contributed by atoms with Gasteiger partial charge in [-0.2, -0.15) is 13.4 Å². The number of nitrogens with zero attached hydrogens (tertiary/aromatic N) is 2. The van der Waals surface area contributed by atoms with Gasteiger partial charge in [0.2, 0.25) is 5.88 Å². The highest BCUT2D eigenvalue weighted by Gasteiger charge is 2.19. The van der Waals surface area contributed by atoms with Gasteiger partial charge in [-0.3, -0.25) is 0 Å². The van der Waals surface area contributed by atoms with Crippen LogP contribution in [-0.2, 0) is 16.0 Å². The van der Waals surface area contributed by atoms with Gasteiger partial charge in [-0.25, -0.2) is 0 Å². The second-order valence-electron chi connectivity index (χ2n) is 3.01. The Morgan fingerprint density at radius 1 is 1.53 bits per heavy atom. The SMILES string of the molecule is COc1nc(N(C)C)sc1CS(=O)(=O)F. The van der Waals surface area contributed by atoms with Gasteiger partial charge in [0.25, 0.3) is 0 Å². The molecule has 86 valence electrons. The normalized spacial score (nSPS) is 11.5. The fourth-order valence-corrected chi connectivity index (χ4v) is 2.77. The summed E-state index contributed by atoms with van der Waals surface area (Å²) in [7, 11) is 0.326. The summed E-state index contributed by atoms with van der Waals surface area (Å²) in [4.78, 5) is 5.97. The summed E-state index contributed by atoms with van der Waals surface area (Å²) < 4.78 is 38.3.